The number of likely N-dealkylation sites (tertiary alicyclic amines) is 1. The zero-order valence-corrected chi connectivity index (χ0v) is 20.0. The number of nitrogens with one attached hydrogen (secondary N) is 1. The molecule has 1 saturated heterocycles. The van der Waals surface area contributed by atoms with Gasteiger partial charge in [-0.2, -0.15) is 5.10 Å². The average molecular weight is 532 g/mol. The molecule has 0 bridgehead atoms. The molecule has 1 N–H and O–H groups in total. The SMILES string of the molecule is Cc1[nH]c2ccc(Oc3ccnn4c(Br)c(C(=O)N5CC[C@H]5C)c(C)c34)cc2c1Br. The molecule has 1 amide bonds. The number of ether oxygens (including phenoxy) is 1. The summed E-state index contributed by atoms with van der Waals surface area (Å²) in [5.74, 6) is 1.40. The fourth-order valence-electron chi connectivity index (χ4n) is 4.04. The Kier molecular flexibility index (Phi) is 4.67. The van der Waals surface area contributed by atoms with Crippen molar-refractivity contribution in [1.82, 2.24) is 19.5 Å². The second-order valence-electron chi connectivity index (χ2n) is 7.76. The van der Waals surface area contributed by atoms with Crippen LogP contribution in [0, 0.1) is 13.8 Å². The number of halogens is 2. The highest BCUT2D eigenvalue weighted by Gasteiger charge is 2.33. The van der Waals surface area contributed by atoms with Gasteiger partial charge < -0.3 is 14.6 Å². The molecule has 1 aliphatic heterocycles. The number of fused-ring (bicyclic) bond motifs is 2. The summed E-state index contributed by atoms with van der Waals surface area (Å²) in [6, 6.07) is 8.04. The van der Waals surface area contributed by atoms with Gasteiger partial charge in [-0.05, 0) is 82.8 Å². The topological polar surface area (TPSA) is 62.6 Å². The normalized spacial score (nSPS) is 16.3. The highest BCUT2D eigenvalue weighted by atomic mass is 79.9. The molecule has 0 radical (unpaired) electrons. The van der Waals surface area contributed by atoms with Gasteiger partial charge in [0.2, 0.25) is 0 Å². The maximum atomic E-state index is 13.1. The Morgan fingerprint density at radius 2 is 2.07 bits per heavy atom. The first kappa shape index (κ1) is 19.6. The van der Waals surface area contributed by atoms with E-state index in [4.69, 9.17) is 4.74 Å². The monoisotopic (exact) mass is 530 g/mol. The van der Waals surface area contributed by atoms with E-state index in [1.54, 1.807) is 10.7 Å². The molecule has 0 spiro atoms. The molecular weight excluding hydrogens is 512 g/mol. The van der Waals surface area contributed by atoms with Crippen molar-refractivity contribution in [2.24, 2.45) is 0 Å². The molecular formula is C22H20Br2N4O2. The summed E-state index contributed by atoms with van der Waals surface area (Å²) in [5.41, 5.74) is 4.40. The van der Waals surface area contributed by atoms with Gasteiger partial charge in [-0.1, -0.05) is 0 Å². The van der Waals surface area contributed by atoms with Gasteiger partial charge in [0, 0.05) is 39.7 Å². The Hall–Kier alpha value is -2.32. The summed E-state index contributed by atoms with van der Waals surface area (Å²) >= 11 is 7.23. The number of carbonyl (C=O) groups excluding carboxylic acids is 1. The molecule has 4 aromatic rings. The average Bonchev–Trinajstić information content (AvgIpc) is 3.14. The van der Waals surface area contributed by atoms with E-state index < -0.39 is 0 Å². The summed E-state index contributed by atoms with van der Waals surface area (Å²) in [7, 11) is 0. The van der Waals surface area contributed by atoms with E-state index in [1.165, 1.54) is 0 Å². The third-order valence-corrected chi connectivity index (χ3v) is 7.63. The fourth-order valence-corrected chi connectivity index (χ4v) is 5.20. The molecule has 6 nitrogen and oxygen atoms in total. The molecule has 1 aromatic carbocycles. The number of carbonyl (C=O) groups is 1. The third kappa shape index (κ3) is 2.88. The molecule has 1 aliphatic rings. The zero-order valence-electron chi connectivity index (χ0n) is 16.8. The predicted molar refractivity (Wildman–Crippen MR) is 124 cm³/mol. The van der Waals surface area contributed by atoms with E-state index in [9.17, 15) is 4.79 Å². The lowest BCUT2D eigenvalue weighted by atomic mass is 10.0. The molecule has 30 heavy (non-hydrogen) atoms. The van der Waals surface area contributed by atoms with Gasteiger partial charge in [-0.25, -0.2) is 4.52 Å². The highest BCUT2D eigenvalue weighted by molar-refractivity contribution is 9.11. The van der Waals surface area contributed by atoms with E-state index in [0.29, 0.717) is 15.9 Å². The van der Waals surface area contributed by atoms with Crippen LogP contribution in [0.15, 0.2) is 39.5 Å². The van der Waals surface area contributed by atoms with Crippen LogP contribution in [0.5, 0.6) is 11.5 Å². The Balaban J connectivity index is 1.59. The Morgan fingerprint density at radius 3 is 2.77 bits per heavy atom. The van der Waals surface area contributed by atoms with Gasteiger partial charge in [-0.15, -0.1) is 0 Å². The summed E-state index contributed by atoms with van der Waals surface area (Å²) in [6.45, 7) is 6.84. The first-order valence-electron chi connectivity index (χ1n) is 9.79. The van der Waals surface area contributed by atoms with Crippen molar-refractivity contribution in [2.45, 2.75) is 33.2 Å². The fraction of sp³-hybridized carbons (Fsp3) is 0.273. The van der Waals surface area contributed by atoms with E-state index in [1.807, 2.05) is 43.0 Å². The minimum Gasteiger partial charge on any atom is -0.455 e. The maximum absolute atomic E-state index is 13.1. The molecule has 5 rings (SSSR count). The lowest BCUT2D eigenvalue weighted by molar-refractivity contribution is 0.0500. The van der Waals surface area contributed by atoms with Crippen LogP contribution in [0.2, 0.25) is 0 Å². The van der Waals surface area contributed by atoms with Crippen molar-refractivity contribution in [3.8, 4) is 11.5 Å². The Labute approximate surface area is 190 Å². The zero-order chi connectivity index (χ0) is 21.2. The quantitative estimate of drug-likeness (QED) is 0.353. The second-order valence-corrected chi connectivity index (χ2v) is 9.30. The summed E-state index contributed by atoms with van der Waals surface area (Å²) in [5, 5.41) is 5.50. The number of hydrogen-bond donors (Lipinski definition) is 1. The van der Waals surface area contributed by atoms with Crippen LogP contribution < -0.4 is 4.74 Å². The van der Waals surface area contributed by atoms with Crippen LogP contribution >= 0.6 is 31.9 Å². The minimum atomic E-state index is 0.0303. The number of H-pyrrole nitrogens is 1. The number of hydrogen-bond acceptors (Lipinski definition) is 3. The van der Waals surface area contributed by atoms with Crippen molar-refractivity contribution in [3.63, 3.8) is 0 Å². The van der Waals surface area contributed by atoms with Gasteiger partial charge in [0.25, 0.3) is 5.91 Å². The molecule has 0 saturated carbocycles. The number of aryl methyl sites for hydroxylation is 2. The highest BCUT2D eigenvalue weighted by Crippen LogP contribution is 2.37. The predicted octanol–water partition coefficient (Wildman–Crippen LogP) is 5.98. The van der Waals surface area contributed by atoms with Crippen LogP contribution in [0.1, 0.15) is 35.0 Å². The molecule has 3 aromatic heterocycles. The van der Waals surface area contributed by atoms with Crippen molar-refractivity contribution >= 4 is 54.2 Å². The van der Waals surface area contributed by atoms with Crippen molar-refractivity contribution < 1.29 is 9.53 Å². The van der Waals surface area contributed by atoms with Crippen molar-refractivity contribution in [2.75, 3.05) is 6.54 Å². The Bertz CT molecular complexity index is 1320. The number of benzene rings is 1. The van der Waals surface area contributed by atoms with Crippen LogP contribution in [0.4, 0.5) is 0 Å². The molecule has 1 fully saturated rings. The molecule has 8 heteroatoms. The van der Waals surface area contributed by atoms with Crippen LogP contribution in [0.25, 0.3) is 16.4 Å². The molecule has 4 heterocycles. The first-order chi connectivity index (χ1) is 14.4. The van der Waals surface area contributed by atoms with Gasteiger partial charge in [0.05, 0.1) is 11.8 Å². The largest absolute Gasteiger partial charge is 0.455 e. The van der Waals surface area contributed by atoms with Crippen LogP contribution in [-0.4, -0.2) is 38.0 Å². The van der Waals surface area contributed by atoms with E-state index in [2.05, 4.69) is 48.9 Å². The third-order valence-electron chi connectivity index (χ3n) is 5.88. The number of aromatic nitrogens is 3. The first-order valence-corrected chi connectivity index (χ1v) is 11.4. The Morgan fingerprint density at radius 1 is 1.27 bits per heavy atom. The number of amides is 1. The van der Waals surface area contributed by atoms with Crippen LogP contribution in [0.3, 0.4) is 0 Å². The van der Waals surface area contributed by atoms with E-state index in [-0.39, 0.29) is 11.9 Å². The molecule has 0 aliphatic carbocycles. The van der Waals surface area contributed by atoms with Crippen molar-refractivity contribution in [1.29, 1.82) is 0 Å². The standard InChI is InChI=1S/C22H20Br2N4O2/c1-11-7-9-27(11)22(29)18-12(2)20-17(6-8-25-28(20)21(18)24)30-14-4-5-16-15(10-14)19(23)13(3)26-16/h4-6,8,10-11,26H,7,9H2,1-3H3/t11-/m1/s1. The smallest absolute Gasteiger partial charge is 0.257 e. The van der Waals surface area contributed by atoms with Gasteiger partial charge >= 0.3 is 0 Å². The van der Waals surface area contributed by atoms with E-state index >= 15 is 0 Å². The number of nitrogens with zero attached hydrogens (tertiary/aromatic N) is 3. The number of rotatable bonds is 3. The van der Waals surface area contributed by atoms with Crippen molar-refractivity contribution in [3.05, 3.63) is 56.4 Å². The van der Waals surface area contributed by atoms with E-state index in [0.717, 1.165) is 50.9 Å². The molecule has 154 valence electrons. The lowest BCUT2D eigenvalue weighted by Gasteiger charge is -2.38. The summed E-state index contributed by atoms with van der Waals surface area (Å²) < 4.78 is 9.69. The van der Waals surface area contributed by atoms with Gasteiger partial charge in [0.1, 0.15) is 15.9 Å². The van der Waals surface area contributed by atoms with Gasteiger partial charge in [0.15, 0.2) is 5.75 Å². The second kappa shape index (κ2) is 7.13. The van der Waals surface area contributed by atoms with Crippen LogP contribution in [-0.2, 0) is 0 Å². The maximum Gasteiger partial charge on any atom is 0.257 e. The molecule has 1 atom stereocenters. The lowest BCUT2D eigenvalue weighted by Crippen LogP contribution is -2.49. The minimum absolute atomic E-state index is 0.0303. The molecule has 0 unspecified atom stereocenters. The van der Waals surface area contributed by atoms with Gasteiger partial charge in [-0.3, -0.25) is 4.79 Å². The number of aromatic amines is 1. The summed E-state index contributed by atoms with van der Waals surface area (Å²) in [6.07, 6.45) is 2.72. The summed E-state index contributed by atoms with van der Waals surface area (Å²) in [4.78, 5) is 18.3.